The van der Waals surface area contributed by atoms with Gasteiger partial charge >= 0.3 is 0 Å². The van der Waals surface area contributed by atoms with Crippen LogP contribution in [-0.4, -0.2) is 0 Å². The first-order valence-corrected chi connectivity index (χ1v) is 23.3. The summed E-state index contributed by atoms with van der Waals surface area (Å²) in [7, 11) is 0. The van der Waals surface area contributed by atoms with Crippen molar-refractivity contribution in [3.8, 4) is 55.6 Å². The lowest BCUT2D eigenvalue weighted by molar-refractivity contribution is 0.660. The standard InChI is InChI=1S/C62H39NS/c1-61(2)51-22-9-5-16-41(51)43-29-26-37(33-54(43)61)63(36-28-31-58-49(32-36)45-18-8-12-25-57(45)64-58)38-27-30-44-42-17-6-10-23-52(42)62(55(44)34-38)53-24-11-7-19-47(53)60-48-21-13-20-46-39-14-3-4-15-40(39)50(59(46)48)35-56(60)62/h3-35H,1-2H3. The second-order valence-corrected chi connectivity index (χ2v) is 19.8. The minimum atomic E-state index is -0.521. The van der Waals surface area contributed by atoms with Crippen LogP contribution in [-0.2, 0) is 10.8 Å². The van der Waals surface area contributed by atoms with Gasteiger partial charge in [0.1, 0.15) is 0 Å². The molecule has 4 aliphatic carbocycles. The molecule has 1 nitrogen and oxygen atoms in total. The number of thiophene rings is 1. The summed E-state index contributed by atoms with van der Waals surface area (Å²) in [6.07, 6.45) is 0. The van der Waals surface area contributed by atoms with Gasteiger partial charge in [-0.3, -0.25) is 0 Å². The van der Waals surface area contributed by atoms with E-state index in [0.29, 0.717) is 0 Å². The lowest BCUT2D eigenvalue weighted by atomic mass is 9.70. The van der Waals surface area contributed by atoms with Crippen molar-refractivity contribution in [3.63, 3.8) is 0 Å². The topological polar surface area (TPSA) is 3.24 Å². The largest absolute Gasteiger partial charge is 0.310 e. The van der Waals surface area contributed by atoms with Gasteiger partial charge in [0.15, 0.2) is 0 Å². The van der Waals surface area contributed by atoms with Gasteiger partial charge in [0.2, 0.25) is 0 Å². The highest BCUT2D eigenvalue weighted by Crippen LogP contribution is 2.66. The molecule has 1 aromatic heterocycles. The Bertz CT molecular complexity index is 3900. The van der Waals surface area contributed by atoms with E-state index in [0.717, 1.165) is 11.4 Å². The fourth-order valence-corrected chi connectivity index (χ4v) is 13.8. The summed E-state index contributed by atoms with van der Waals surface area (Å²) < 4.78 is 2.63. The van der Waals surface area contributed by atoms with Crippen LogP contribution in [0.2, 0.25) is 0 Å². The third-order valence-electron chi connectivity index (χ3n) is 15.4. The van der Waals surface area contributed by atoms with Crippen LogP contribution in [0.3, 0.4) is 0 Å². The Morgan fingerprint density at radius 2 is 0.844 bits per heavy atom. The number of anilines is 3. The summed E-state index contributed by atoms with van der Waals surface area (Å²) in [5, 5.41) is 5.32. The Morgan fingerprint density at radius 3 is 1.62 bits per heavy atom. The van der Waals surface area contributed by atoms with E-state index in [2.05, 4.69) is 219 Å². The first-order chi connectivity index (χ1) is 31.5. The molecule has 0 saturated heterocycles. The SMILES string of the molecule is CC1(C)c2ccccc2-c2ccc(N(c3ccc4c(c3)C3(c5ccccc5-4)c4ccccc4-c4c3cc3c5c(cccc45)-c4ccccc4-3)c3ccc4sc5ccccc5c4c3)cc21. The second-order valence-electron chi connectivity index (χ2n) is 18.7. The minimum Gasteiger partial charge on any atom is -0.310 e. The van der Waals surface area contributed by atoms with Crippen molar-refractivity contribution in [1.82, 2.24) is 0 Å². The number of hydrogen-bond acceptors (Lipinski definition) is 2. The van der Waals surface area contributed by atoms with Crippen LogP contribution in [0.1, 0.15) is 47.2 Å². The van der Waals surface area contributed by atoms with Gasteiger partial charge in [0, 0.05) is 42.6 Å². The van der Waals surface area contributed by atoms with E-state index in [1.165, 1.54) is 126 Å². The van der Waals surface area contributed by atoms with Crippen LogP contribution >= 0.6 is 11.3 Å². The van der Waals surface area contributed by atoms with Crippen molar-refractivity contribution in [2.45, 2.75) is 24.7 Å². The van der Waals surface area contributed by atoms with Gasteiger partial charge in [0.25, 0.3) is 0 Å². The molecule has 1 atom stereocenters. The molecule has 1 unspecified atom stereocenters. The molecule has 64 heavy (non-hydrogen) atoms. The van der Waals surface area contributed by atoms with Crippen LogP contribution in [0.5, 0.6) is 0 Å². The number of benzene rings is 10. The number of hydrogen-bond donors (Lipinski definition) is 0. The van der Waals surface area contributed by atoms with Crippen LogP contribution < -0.4 is 4.90 Å². The van der Waals surface area contributed by atoms with Crippen LogP contribution in [0.15, 0.2) is 200 Å². The highest BCUT2D eigenvalue weighted by atomic mass is 32.1. The van der Waals surface area contributed by atoms with Gasteiger partial charge in [-0.25, -0.2) is 0 Å². The van der Waals surface area contributed by atoms with E-state index in [-0.39, 0.29) is 5.41 Å². The zero-order chi connectivity index (χ0) is 42.1. The number of fused-ring (bicyclic) bond motifs is 20. The lowest BCUT2D eigenvalue weighted by Gasteiger charge is -2.33. The molecular formula is C62H39NS. The Kier molecular flexibility index (Phi) is 6.64. The van der Waals surface area contributed by atoms with E-state index in [9.17, 15) is 0 Å². The van der Waals surface area contributed by atoms with Crippen LogP contribution in [0.4, 0.5) is 17.1 Å². The third kappa shape index (κ3) is 4.21. The van der Waals surface area contributed by atoms with Gasteiger partial charge in [0.05, 0.1) is 5.41 Å². The molecule has 0 bridgehead atoms. The van der Waals surface area contributed by atoms with Crippen LogP contribution in [0.25, 0.3) is 86.6 Å². The molecule has 0 aliphatic heterocycles. The molecule has 2 heteroatoms. The van der Waals surface area contributed by atoms with E-state index in [1.807, 2.05) is 11.3 Å². The molecule has 1 spiro atoms. The average Bonchev–Trinajstić information content (AvgIpc) is 4.10. The molecule has 15 rings (SSSR count). The maximum absolute atomic E-state index is 2.58. The zero-order valence-electron chi connectivity index (χ0n) is 35.4. The van der Waals surface area contributed by atoms with Crippen molar-refractivity contribution < 1.29 is 0 Å². The molecule has 1 heterocycles. The zero-order valence-corrected chi connectivity index (χ0v) is 36.2. The van der Waals surface area contributed by atoms with Gasteiger partial charge in [-0.1, -0.05) is 159 Å². The molecule has 0 N–H and O–H groups in total. The molecule has 0 saturated carbocycles. The quantitative estimate of drug-likeness (QED) is 0.171. The fourth-order valence-electron chi connectivity index (χ4n) is 12.8. The number of rotatable bonds is 3. The first-order valence-electron chi connectivity index (χ1n) is 22.5. The first kappa shape index (κ1) is 35.0. The third-order valence-corrected chi connectivity index (χ3v) is 16.6. The van der Waals surface area contributed by atoms with Crippen molar-refractivity contribution in [2.75, 3.05) is 4.90 Å². The molecular weight excluding hydrogens is 791 g/mol. The summed E-state index contributed by atoms with van der Waals surface area (Å²) in [5.74, 6) is 0. The predicted octanol–water partition coefficient (Wildman–Crippen LogP) is 17.0. The maximum Gasteiger partial charge on any atom is 0.0726 e. The maximum atomic E-state index is 2.58. The average molecular weight is 830 g/mol. The smallest absolute Gasteiger partial charge is 0.0726 e. The fraction of sp³-hybridized carbons (Fsp3) is 0.0645. The molecule has 0 fully saturated rings. The lowest BCUT2D eigenvalue weighted by Crippen LogP contribution is -2.26. The van der Waals surface area contributed by atoms with Crippen molar-refractivity contribution in [3.05, 3.63) is 234 Å². The van der Waals surface area contributed by atoms with E-state index >= 15 is 0 Å². The van der Waals surface area contributed by atoms with Crippen molar-refractivity contribution in [2.24, 2.45) is 0 Å². The Hall–Kier alpha value is -7.52. The summed E-state index contributed by atoms with van der Waals surface area (Å²) in [5.41, 5.74) is 24.3. The molecule has 11 aromatic rings. The minimum absolute atomic E-state index is 0.134. The molecule has 0 radical (unpaired) electrons. The van der Waals surface area contributed by atoms with Crippen molar-refractivity contribution >= 4 is 59.3 Å². The van der Waals surface area contributed by atoms with Gasteiger partial charge in [-0.05, 0) is 154 Å². The van der Waals surface area contributed by atoms with E-state index in [1.54, 1.807) is 0 Å². The predicted molar refractivity (Wildman–Crippen MR) is 270 cm³/mol. The molecule has 298 valence electrons. The number of nitrogens with zero attached hydrogens (tertiary/aromatic N) is 1. The normalized spacial score (nSPS) is 16.2. The molecule has 4 aliphatic rings. The van der Waals surface area contributed by atoms with E-state index in [4.69, 9.17) is 0 Å². The van der Waals surface area contributed by atoms with Gasteiger partial charge < -0.3 is 4.90 Å². The highest BCUT2D eigenvalue weighted by Gasteiger charge is 2.53. The van der Waals surface area contributed by atoms with Crippen LogP contribution in [0, 0.1) is 0 Å². The Balaban J connectivity index is 1.02. The summed E-state index contributed by atoms with van der Waals surface area (Å²) in [6.45, 7) is 4.77. The molecule has 10 aromatic carbocycles. The highest BCUT2D eigenvalue weighted by molar-refractivity contribution is 7.25. The second kappa shape index (κ2) is 12.1. The van der Waals surface area contributed by atoms with Gasteiger partial charge in [-0.15, -0.1) is 11.3 Å². The monoisotopic (exact) mass is 829 g/mol. The van der Waals surface area contributed by atoms with E-state index < -0.39 is 5.41 Å². The summed E-state index contributed by atoms with van der Waals surface area (Å²) in [6, 6.07) is 76.5. The molecule has 0 amide bonds. The summed E-state index contributed by atoms with van der Waals surface area (Å²) >= 11 is 1.88. The van der Waals surface area contributed by atoms with Gasteiger partial charge in [-0.2, -0.15) is 0 Å². The van der Waals surface area contributed by atoms with Crippen molar-refractivity contribution in [1.29, 1.82) is 0 Å². The Morgan fingerprint density at radius 1 is 0.328 bits per heavy atom. The summed E-state index contributed by atoms with van der Waals surface area (Å²) in [4.78, 5) is 2.53. The Labute approximate surface area is 376 Å².